The molecule has 0 spiro atoms. The minimum absolute atomic E-state index is 0.117. The average molecular weight is 584 g/mol. The lowest BCUT2D eigenvalue weighted by atomic mass is 10.1. The van der Waals surface area contributed by atoms with Crippen LogP contribution in [0.4, 0.5) is 11.4 Å². The highest BCUT2D eigenvalue weighted by Crippen LogP contribution is 2.36. The average Bonchev–Trinajstić information content (AvgIpc) is 3.59. The summed E-state index contributed by atoms with van der Waals surface area (Å²) >= 11 is 1.22. The summed E-state index contributed by atoms with van der Waals surface area (Å²) in [5.74, 6) is 0.908. The Hall–Kier alpha value is -4.64. The van der Waals surface area contributed by atoms with Crippen LogP contribution in [0.25, 0.3) is 0 Å². The van der Waals surface area contributed by atoms with Crippen LogP contribution in [-0.4, -0.2) is 51.7 Å². The van der Waals surface area contributed by atoms with Crippen molar-refractivity contribution in [2.24, 2.45) is 9.98 Å². The Morgan fingerprint density at radius 3 is 2.74 bits per heavy atom. The number of amides is 3. The fraction of sp³-hybridized carbons (Fsp3) is 0.258. The largest absolute Gasteiger partial charge is 0.454 e. The molecule has 42 heavy (non-hydrogen) atoms. The number of carbonyl (C=O) groups excluding carboxylic acids is 3. The SMILES string of the molecule is CC[C@H](SC1=Nc2ccccc2C2=N[C@@H](CC(=O)NCc3ccc4c(c3)OCO4)C(=O)N12)C(=O)Nc1cccc(C)c1. The molecular formula is C31H29N5O5S. The van der Waals surface area contributed by atoms with Crippen LogP contribution in [-0.2, 0) is 20.9 Å². The molecule has 3 heterocycles. The van der Waals surface area contributed by atoms with Gasteiger partial charge in [0.1, 0.15) is 11.9 Å². The molecule has 214 valence electrons. The van der Waals surface area contributed by atoms with E-state index in [1.807, 2.05) is 74.5 Å². The third-order valence-corrected chi connectivity index (χ3v) is 8.37. The first kappa shape index (κ1) is 27.5. The number of aryl methyl sites for hydroxylation is 1. The van der Waals surface area contributed by atoms with Gasteiger partial charge in [0.05, 0.1) is 17.4 Å². The number of hydrogen-bond donors (Lipinski definition) is 2. The van der Waals surface area contributed by atoms with E-state index in [0.29, 0.717) is 45.9 Å². The first-order valence-corrected chi connectivity index (χ1v) is 14.6. The van der Waals surface area contributed by atoms with Crippen molar-refractivity contribution in [1.29, 1.82) is 0 Å². The van der Waals surface area contributed by atoms with Gasteiger partial charge in [-0.05, 0) is 60.9 Å². The predicted octanol–water partition coefficient (Wildman–Crippen LogP) is 4.54. The number of carbonyl (C=O) groups is 3. The van der Waals surface area contributed by atoms with Gasteiger partial charge in [0.15, 0.2) is 16.7 Å². The van der Waals surface area contributed by atoms with Crippen molar-refractivity contribution < 1.29 is 23.9 Å². The molecule has 0 radical (unpaired) electrons. The lowest BCUT2D eigenvalue weighted by Crippen LogP contribution is -2.43. The Labute approximate surface area is 247 Å². The van der Waals surface area contributed by atoms with Crippen molar-refractivity contribution in [3.8, 4) is 11.5 Å². The van der Waals surface area contributed by atoms with E-state index in [-0.39, 0.29) is 37.5 Å². The number of para-hydroxylation sites is 1. The van der Waals surface area contributed by atoms with Crippen LogP contribution in [0.1, 0.15) is 36.5 Å². The van der Waals surface area contributed by atoms with Gasteiger partial charge in [-0.2, -0.15) is 0 Å². The molecule has 0 saturated carbocycles. The van der Waals surface area contributed by atoms with E-state index < -0.39 is 11.3 Å². The maximum atomic E-state index is 13.7. The summed E-state index contributed by atoms with van der Waals surface area (Å²) in [6.45, 7) is 4.33. The normalized spacial score (nSPS) is 17.1. The monoisotopic (exact) mass is 583 g/mol. The summed E-state index contributed by atoms with van der Waals surface area (Å²) < 4.78 is 10.7. The molecule has 0 aromatic heterocycles. The van der Waals surface area contributed by atoms with Crippen molar-refractivity contribution in [2.45, 2.75) is 44.5 Å². The number of amidine groups is 2. The first-order valence-electron chi connectivity index (χ1n) is 13.7. The second kappa shape index (κ2) is 11.7. The number of fused-ring (bicyclic) bond motifs is 4. The summed E-state index contributed by atoms with van der Waals surface area (Å²) in [5.41, 5.74) is 3.96. The van der Waals surface area contributed by atoms with Gasteiger partial charge in [-0.3, -0.25) is 19.4 Å². The molecule has 11 heteroatoms. The quantitative estimate of drug-likeness (QED) is 0.402. The van der Waals surface area contributed by atoms with Crippen LogP contribution in [0, 0.1) is 6.92 Å². The van der Waals surface area contributed by atoms with Gasteiger partial charge in [0, 0.05) is 17.8 Å². The molecule has 3 aliphatic heterocycles. The predicted molar refractivity (Wildman–Crippen MR) is 161 cm³/mol. The number of nitrogens with one attached hydrogen (secondary N) is 2. The molecule has 0 bridgehead atoms. The van der Waals surface area contributed by atoms with Crippen LogP contribution >= 0.6 is 11.8 Å². The Morgan fingerprint density at radius 2 is 1.90 bits per heavy atom. The molecule has 6 rings (SSSR count). The van der Waals surface area contributed by atoms with E-state index in [0.717, 1.165) is 11.1 Å². The third kappa shape index (κ3) is 5.60. The molecule has 0 saturated heterocycles. The number of benzene rings is 3. The number of thioether (sulfide) groups is 1. The molecule has 0 aliphatic carbocycles. The van der Waals surface area contributed by atoms with E-state index in [2.05, 4.69) is 15.6 Å². The van der Waals surface area contributed by atoms with Gasteiger partial charge >= 0.3 is 0 Å². The van der Waals surface area contributed by atoms with Crippen molar-refractivity contribution >= 4 is 51.9 Å². The molecule has 3 aliphatic rings. The number of nitrogens with zero attached hydrogens (tertiary/aromatic N) is 3. The summed E-state index contributed by atoms with van der Waals surface area (Å²) in [7, 11) is 0. The lowest BCUT2D eigenvalue weighted by Gasteiger charge is -2.27. The number of aliphatic imine (C=N–C) groups is 2. The van der Waals surface area contributed by atoms with Gasteiger partial charge < -0.3 is 20.1 Å². The molecule has 3 aromatic carbocycles. The Bertz CT molecular complexity index is 1640. The zero-order chi connectivity index (χ0) is 29.2. The minimum atomic E-state index is -0.907. The van der Waals surface area contributed by atoms with Crippen molar-refractivity contribution in [3.63, 3.8) is 0 Å². The van der Waals surface area contributed by atoms with Gasteiger partial charge in [0.25, 0.3) is 5.91 Å². The fourth-order valence-electron chi connectivity index (χ4n) is 4.91. The van der Waals surface area contributed by atoms with Crippen molar-refractivity contribution in [1.82, 2.24) is 10.2 Å². The van der Waals surface area contributed by atoms with Gasteiger partial charge in [-0.25, -0.2) is 9.89 Å². The maximum absolute atomic E-state index is 13.7. The fourth-order valence-corrected chi connectivity index (χ4v) is 5.93. The second-order valence-electron chi connectivity index (χ2n) is 10.1. The molecular weight excluding hydrogens is 554 g/mol. The number of hydrogen-bond acceptors (Lipinski definition) is 8. The van der Waals surface area contributed by atoms with Gasteiger partial charge in [-0.15, -0.1) is 0 Å². The van der Waals surface area contributed by atoms with Crippen LogP contribution in [0.15, 0.2) is 76.7 Å². The third-order valence-electron chi connectivity index (χ3n) is 7.05. The summed E-state index contributed by atoms with van der Waals surface area (Å²) in [6.07, 6.45) is 0.401. The van der Waals surface area contributed by atoms with Gasteiger partial charge in [-0.1, -0.05) is 49.0 Å². The Kier molecular flexibility index (Phi) is 7.66. The zero-order valence-corrected chi connectivity index (χ0v) is 23.9. The Morgan fingerprint density at radius 1 is 1.07 bits per heavy atom. The van der Waals surface area contributed by atoms with Crippen LogP contribution in [0.3, 0.4) is 0 Å². The highest BCUT2D eigenvalue weighted by molar-refractivity contribution is 8.15. The van der Waals surface area contributed by atoms with Crippen LogP contribution in [0.5, 0.6) is 11.5 Å². The molecule has 0 fully saturated rings. The smallest absolute Gasteiger partial charge is 0.259 e. The highest BCUT2D eigenvalue weighted by Gasteiger charge is 2.43. The number of anilines is 1. The van der Waals surface area contributed by atoms with E-state index in [4.69, 9.17) is 14.5 Å². The summed E-state index contributed by atoms with van der Waals surface area (Å²) in [5, 5.41) is 5.70. The van der Waals surface area contributed by atoms with Crippen LogP contribution in [0.2, 0.25) is 0 Å². The van der Waals surface area contributed by atoms with E-state index >= 15 is 0 Å². The molecule has 0 unspecified atom stereocenters. The standard InChI is InChI=1S/C31H29N5O5S/c1-3-26(29(38)33-20-8-6-7-18(2)13-20)42-31-35-22-10-5-4-9-21(22)28-34-23(30(39)36(28)31)15-27(37)32-16-19-11-12-24-25(14-19)41-17-40-24/h4-14,23,26H,3,15-17H2,1-2H3,(H,32,37)(H,33,38)/t23-,26-/m0/s1. The van der Waals surface area contributed by atoms with E-state index in [1.54, 1.807) is 6.07 Å². The van der Waals surface area contributed by atoms with Crippen molar-refractivity contribution in [2.75, 3.05) is 12.1 Å². The molecule has 10 nitrogen and oxygen atoms in total. The highest BCUT2D eigenvalue weighted by atomic mass is 32.2. The molecule has 2 atom stereocenters. The summed E-state index contributed by atoms with van der Waals surface area (Å²) in [6, 6.07) is 19.6. The lowest BCUT2D eigenvalue weighted by molar-refractivity contribution is -0.128. The number of ether oxygens (including phenoxy) is 2. The Balaban J connectivity index is 1.17. The van der Waals surface area contributed by atoms with Crippen LogP contribution < -0.4 is 20.1 Å². The topological polar surface area (TPSA) is 122 Å². The molecule has 2 N–H and O–H groups in total. The number of rotatable bonds is 8. The molecule has 3 aromatic rings. The first-order chi connectivity index (χ1) is 20.4. The minimum Gasteiger partial charge on any atom is -0.454 e. The second-order valence-corrected chi connectivity index (χ2v) is 11.3. The van der Waals surface area contributed by atoms with E-state index in [9.17, 15) is 14.4 Å². The molecule has 3 amide bonds. The zero-order valence-electron chi connectivity index (χ0n) is 23.1. The maximum Gasteiger partial charge on any atom is 0.259 e. The van der Waals surface area contributed by atoms with Gasteiger partial charge in [0.2, 0.25) is 18.6 Å². The summed E-state index contributed by atoms with van der Waals surface area (Å²) in [4.78, 5) is 50.7. The van der Waals surface area contributed by atoms with E-state index in [1.165, 1.54) is 16.7 Å². The van der Waals surface area contributed by atoms with Crippen molar-refractivity contribution in [3.05, 3.63) is 83.4 Å².